The number of hydrogen-bond acceptors (Lipinski definition) is 2. The van der Waals surface area contributed by atoms with E-state index in [9.17, 15) is 0 Å². The van der Waals surface area contributed by atoms with Crippen LogP contribution in [0, 0.1) is 0 Å². The van der Waals surface area contributed by atoms with Gasteiger partial charge < -0.3 is 4.90 Å². The number of nitrogens with zero attached hydrogens (tertiary/aromatic N) is 3. The third kappa shape index (κ3) is 2.83. The first-order valence-corrected chi connectivity index (χ1v) is 5.80. The molecule has 0 radical (unpaired) electrons. The molecule has 86 valence electrons. The minimum atomic E-state index is 0.948. The van der Waals surface area contributed by atoms with Crippen molar-refractivity contribution < 1.29 is 0 Å². The Labute approximate surface area is 97.1 Å². The molecule has 0 saturated heterocycles. The Morgan fingerprint density at radius 3 is 2.94 bits per heavy atom. The summed E-state index contributed by atoms with van der Waals surface area (Å²) in [5.41, 5.74) is 2.54. The van der Waals surface area contributed by atoms with Crippen molar-refractivity contribution >= 4 is 5.57 Å². The van der Waals surface area contributed by atoms with Gasteiger partial charge in [0.1, 0.15) is 0 Å². The van der Waals surface area contributed by atoms with Crippen LogP contribution in [0.25, 0.3) is 5.57 Å². The predicted molar refractivity (Wildman–Crippen MR) is 67.1 cm³/mol. The topological polar surface area (TPSA) is 21.1 Å². The molecular weight excluding hydrogens is 198 g/mol. The van der Waals surface area contributed by atoms with E-state index in [0.29, 0.717) is 0 Å². The van der Waals surface area contributed by atoms with Gasteiger partial charge in [-0.25, -0.2) is 0 Å². The monoisotopic (exact) mass is 217 g/mol. The van der Waals surface area contributed by atoms with Crippen molar-refractivity contribution in [3.8, 4) is 0 Å². The molecule has 1 aromatic rings. The molecule has 0 spiro atoms. The number of allylic oxidation sites excluding steroid dienone is 4. The van der Waals surface area contributed by atoms with Gasteiger partial charge in [-0.1, -0.05) is 18.2 Å². The van der Waals surface area contributed by atoms with Gasteiger partial charge in [0.2, 0.25) is 0 Å². The summed E-state index contributed by atoms with van der Waals surface area (Å²) in [7, 11) is 4.16. The number of likely N-dealkylation sites (N-methyl/N-ethyl adjacent to an activating group) is 1. The molecule has 1 heterocycles. The Hall–Kier alpha value is -1.35. The zero-order valence-corrected chi connectivity index (χ0v) is 10.1. The minimum absolute atomic E-state index is 0.948. The normalized spacial score (nSPS) is 15.6. The smallest absolute Gasteiger partial charge is 0.0568 e. The van der Waals surface area contributed by atoms with Crippen LogP contribution in [-0.4, -0.2) is 35.3 Å². The van der Waals surface area contributed by atoms with Crippen molar-refractivity contribution in [2.24, 2.45) is 0 Å². The maximum Gasteiger partial charge on any atom is 0.0568 e. The Bertz CT molecular complexity index is 399. The molecule has 1 aliphatic carbocycles. The average molecular weight is 217 g/mol. The van der Waals surface area contributed by atoms with E-state index in [-0.39, 0.29) is 0 Å². The van der Waals surface area contributed by atoms with E-state index >= 15 is 0 Å². The van der Waals surface area contributed by atoms with E-state index in [1.54, 1.807) is 0 Å². The Morgan fingerprint density at radius 1 is 1.38 bits per heavy atom. The van der Waals surface area contributed by atoms with Crippen LogP contribution in [0.5, 0.6) is 0 Å². The molecule has 1 aromatic heterocycles. The molecule has 0 saturated carbocycles. The lowest BCUT2D eigenvalue weighted by Gasteiger charge is -2.08. The first-order chi connectivity index (χ1) is 7.75. The highest BCUT2D eigenvalue weighted by molar-refractivity contribution is 5.73. The van der Waals surface area contributed by atoms with Crippen LogP contribution in [0.3, 0.4) is 0 Å². The van der Waals surface area contributed by atoms with Crippen LogP contribution in [0.1, 0.15) is 18.4 Å². The van der Waals surface area contributed by atoms with Crippen molar-refractivity contribution in [3.05, 3.63) is 36.2 Å². The number of hydrogen-bond donors (Lipinski definition) is 0. The second-order valence-corrected chi connectivity index (χ2v) is 4.43. The van der Waals surface area contributed by atoms with Crippen LogP contribution in [0.4, 0.5) is 0 Å². The van der Waals surface area contributed by atoms with E-state index in [1.807, 2.05) is 10.9 Å². The van der Waals surface area contributed by atoms with Crippen LogP contribution < -0.4 is 0 Å². The highest BCUT2D eigenvalue weighted by atomic mass is 15.3. The molecule has 0 aromatic carbocycles. The largest absolute Gasteiger partial charge is 0.308 e. The third-order valence-corrected chi connectivity index (χ3v) is 2.74. The SMILES string of the molecule is CN(C)CCn1cc(C2=CCCC=C2)cn1. The van der Waals surface area contributed by atoms with Gasteiger partial charge in [0.25, 0.3) is 0 Å². The Kier molecular flexibility index (Phi) is 3.57. The van der Waals surface area contributed by atoms with Crippen LogP contribution in [0.15, 0.2) is 30.6 Å². The molecule has 2 rings (SSSR count). The van der Waals surface area contributed by atoms with E-state index in [2.05, 4.69) is 48.5 Å². The maximum atomic E-state index is 4.38. The first kappa shape index (κ1) is 11.1. The van der Waals surface area contributed by atoms with Crippen LogP contribution in [-0.2, 0) is 6.54 Å². The van der Waals surface area contributed by atoms with Gasteiger partial charge in [-0.3, -0.25) is 4.68 Å². The highest BCUT2D eigenvalue weighted by Gasteiger charge is 2.04. The molecule has 3 heteroatoms. The van der Waals surface area contributed by atoms with Gasteiger partial charge in [-0.05, 0) is 32.5 Å². The highest BCUT2D eigenvalue weighted by Crippen LogP contribution is 2.20. The van der Waals surface area contributed by atoms with Crippen molar-refractivity contribution in [2.45, 2.75) is 19.4 Å². The summed E-state index contributed by atoms with van der Waals surface area (Å²) in [6, 6.07) is 0. The van der Waals surface area contributed by atoms with Gasteiger partial charge in [0.15, 0.2) is 0 Å². The molecular formula is C13H19N3. The lowest BCUT2D eigenvalue weighted by Crippen LogP contribution is -2.18. The molecule has 0 unspecified atom stereocenters. The number of rotatable bonds is 4. The first-order valence-electron chi connectivity index (χ1n) is 5.80. The lowest BCUT2D eigenvalue weighted by atomic mass is 10.0. The summed E-state index contributed by atoms with van der Waals surface area (Å²) in [4.78, 5) is 2.17. The quantitative estimate of drug-likeness (QED) is 0.770. The van der Waals surface area contributed by atoms with Crippen molar-refractivity contribution in [1.29, 1.82) is 0 Å². The molecule has 0 amide bonds. The van der Waals surface area contributed by atoms with E-state index < -0.39 is 0 Å². The second kappa shape index (κ2) is 5.12. The van der Waals surface area contributed by atoms with Crippen LogP contribution in [0.2, 0.25) is 0 Å². The molecule has 16 heavy (non-hydrogen) atoms. The molecule has 0 N–H and O–H groups in total. The van der Waals surface area contributed by atoms with Gasteiger partial charge in [-0.2, -0.15) is 5.10 Å². The van der Waals surface area contributed by atoms with Crippen LogP contribution >= 0.6 is 0 Å². The summed E-state index contributed by atoms with van der Waals surface area (Å²) < 4.78 is 2.01. The standard InChI is InChI=1S/C13H19N3/c1-15(2)8-9-16-11-13(10-14-16)12-6-4-3-5-7-12/h4,6-7,10-11H,3,5,8-9H2,1-2H3. The average Bonchev–Trinajstić information content (AvgIpc) is 2.76. The van der Waals surface area contributed by atoms with Gasteiger partial charge >= 0.3 is 0 Å². The summed E-state index contributed by atoms with van der Waals surface area (Å²) in [6.45, 7) is 1.97. The lowest BCUT2D eigenvalue weighted by molar-refractivity contribution is 0.373. The van der Waals surface area contributed by atoms with E-state index in [1.165, 1.54) is 11.1 Å². The fourth-order valence-corrected chi connectivity index (χ4v) is 1.76. The zero-order valence-electron chi connectivity index (χ0n) is 10.1. The summed E-state index contributed by atoms with van der Waals surface area (Å²) in [5.74, 6) is 0. The van der Waals surface area contributed by atoms with Crippen molar-refractivity contribution in [1.82, 2.24) is 14.7 Å². The van der Waals surface area contributed by atoms with E-state index in [0.717, 1.165) is 25.9 Å². The molecule has 3 nitrogen and oxygen atoms in total. The summed E-state index contributed by atoms with van der Waals surface area (Å²) in [5, 5.41) is 4.38. The second-order valence-electron chi connectivity index (χ2n) is 4.43. The van der Waals surface area contributed by atoms with Gasteiger partial charge in [0, 0.05) is 18.3 Å². The molecule has 0 atom stereocenters. The third-order valence-electron chi connectivity index (χ3n) is 2.74. The summed E-state index contributed by atoms with van der Waals surface area (Å²) in [6.07, 6.45) is 13.1. The van der Waals surface area contributed by atoms with Crippen molar-refractivity contribution in [3.63, 3.8) is 0 Å². The molecule has 1 aliphatic rings. The molecule has 0 aliphatic heterocycles. The fourth-order valence-electron chi connectivity index (χ4n) is 1.76. The Balaban J connectivity index is 2.02. The fraction of sp³-hybridized carbons (Fsp3) is 0.462. The summed E-state index contributed by atoms with van der Waals surface area (Å²) >= 11 is 0. The maximum absolute atomic E-state index is 4.38. The Morgan fingerprint density at radius 2 is 2.25 bits per heavy atom. The minimum Gasteiger partial charge on any atom is -0.308 e. The van der Waals surface area contributed by atoms with Gasteiger partial charge in [-0.15, -0.1) is 0 Å². The van der Waals surface area contributed by atoms with Gasteiger partial charge in [0.05, 0.1) is 12.7 Å². The van der Waals surface area contributed by atoms with E-state index in [4.69, 9.17) is 0 Å². The van der Waals surface area contributed by atoms with Crippen molar-refractivity contribution in [2.75, 3.05) is 20.6 Å². The molecule has 0 bridgehead atoms. The zero-order chi connectivity index (χ0) is 11.4. The molecule has 0 fully saturated rings. The number of aromatic nitrogens is 2. The predicted octanol–water partition coefficient (Wildman–Crippen LogP) is 2.18.